The topological polar surface area (TPSA) is 29.9 Å². The van der Waals surface area contributed by atoms with Crippen molar-refractivity contribution in [3.05, 3.63) is 53.6 Å². The molecule has 4 heteroatoms. The molecule has 1 saturated carbocycles. The van der Waals surface area contributed by atoms with E-state index in [2.05, 4.69) is 10.4 Å². The number of aromatic nitrogens is 2. The summed E-state index contributed by atoms with van der Waals surface area (Å²) in [4.78, 5) is 0. The zero-order valence-electron chi connectivity index (χ0n) is 11.7. The van der Waals surface area contributed by atoms with Crippen molar-refractivity contribution < 1.29 is 4.39 Å². The first kappa shape index (κ1) is 13.3. The lowest BCUT2D eigenvalue weighted by Gasteiger charge is -2.19. The molecule has 2 aromatic rings. The van der Waals surface area contributed by atoms with Gasteiger partial charge in [0.25, 0.3) is 0 Å². The summed E-state index contributed by atoms with van der Waals surface area (Å²) < 4.78 is 14.9. The zero-order chi connectivity index (χ0) is 13.9. The summed E-state index contributed by atoms with van der Waals surface area (Å²) in [7, 11) is 1.97. The van der Waals surface area contributed by atoms with E-state index in [0.717, 1.165) is 13.0 Å². The van der Waals surface area contributed by atoms with Crippen LogP contribution in [-0.4, -0.2) is 16.3 Å². The van der Waals surface area contributed by atoms with Crippen LogP contribution in [-0.2, 0) is 13.5 Å². The third-order valence-corrected chi connectivity index (χ3v) is 3.99. The normalized spacial score (nSPS) is 16.3. The van der Waals surface area contributed by atoms with Crippen molar-refractivity contribution in [3.8, 4) is 0 Å². The lowest BCUT2D eigenvalue weighted by Crippen LogP contribution is -2.25. The van der Waals surface area contributed by atoms with Gasteiger partial charge in [-0.2, -0.15) is 5.10 Å². The van der Waals surface area contributed by atoms with Gasteiger partial charge in [-0.25, -0.2) is 4.39 Å². The van der Waals surface area contributed by atoms with Gasteiger partial charge in [-0.3, -0.25) is 4.68 Å². The van der Waals surface area contributed by atoms with Gasteiger partial charge in [-0.05, 0) is 42.5 Å². The van der Waals surface area contributed by atoms with E-state index in [1.165, 1.54) is 24.1 Å². The summed E-state index contributed by atoms with van der Waals surface area (Å²) >= 11 is 0. The number of nitrogens with zero attached hydrogens (tertiary/aromatic N) is 2. The van der Waals surface area contributed by atoms with Crippen molar-refractivity contribution in [1.29, 1.82) is 0 Å². The Hall–Kier alpha value is -1.68. The van der Waals surface area contributed by atoms with Gasteiger partial charge < -0.3 is 5.32 Å². The smallest absolute Gasteiger partial charge is 0.123 e. The minimum Gasteiger partial charge on any atom is -0.309 e. The second-order valence-electron chi connectivity index (χ2n) is 5.52. The van der Waals surface area contributed by atoms with Crippen LogP contribution >= 0.6 is 0 Å². The minimum absolute atomic E-state index is 0.168. The number of aryl methyl sites for hydroxylation is 1. The number of benzene rings is 1. The van der Waals surface area contributed by atoms with Crippen molar-refractivity contribution >= 4 is 0 Å². The highest BCUT2D eigenvalue weighted by Gasteiger charge is 2.31. The average molecular weight is 273 g/mol. The maximum Gasteiger partial charge on any atom is 0.123 e. The lowest BCUT2D eigenvalue weighted by atomic mass is 10.0. The highest BCUT2D eigenvalue weighted by atomic mass is 19.1. The molecule has 0 aliphatic heterocycles. The lowest BCUT2D eigenvalue weighted by molar-refractivity contribution is 0.479. The molecule has 0 saturated heterocycles. The molecule has 0 spiro atoms. The maximum atomic E-state index is 13.0. The van der Waals surface area contributed by atoms with Gasteiger partial charge in [0.05, 0.1) is 0 Å². The van der Waals surface area contributed by atoms with Crippen molar-refractivity contribution in [1.82, 2.24) is 15.1 Å². The predicted octanol–water partition coefficient (Wildman–Crippen LogP) is 2.84. The molecule has 1 aliphatic carbocycles. The van der Waals surface area contributed by atoms with Crippen molar-refractivity contribution in [2.75, 3.05) is 6.54 Å². The van der Waals surface area contributed by atoms with Crippen LogP contribution in [0.4, 0.5) is 4.39 Å². The Labute approximate surface area is 118 Å². The third-order valence-electron chi connectivity index (χ3n) is 3.99. The Morgan fingerprint density at radius 3 is 2.65 bits per heavy atom. The molecular formula is C16H20FN3. The standard InChI is InChI=1S/C16H20FN3/c1-20-15(9-11-19-20)8-10-18-16(12-2-3-12)13-4-6-14(17)7-5-13/h4-7,9,11-12,16,18H,2-3,8,10H2,1H3. The monoisotopic (exact) mass is 273 g/mol. The molecule has 1 aromatic carbocycles. The first-order valence-electron chi connectivity index (χ1n) is 7.20. The molecule has 1 atom stereocenters. The van der Waals surface area contributed by atoms with E-state index in [1.807, 2.05) is 36.1 Å². The summed E-state index contributed by atoms with van der Waals surface area (Å²) in [5, 5.41) is 7.80. The summed E-state index contributed by atoms with van der Waals surface area (Å²) in [6.45, 7) is 0.915. The number of halogens is 1. The van der Waals surface area contributed by atoms with Gasteiger partial charge in [-0.1, -0.05) is 12.1 Å². The number of rotatable bonds is 6. The summed E-state index contributed by atoms with van der Waals surface area (Å²) in [5.41, 5.74) is 2.42. The molecule has 1 fully saturated rings. The molecule has 0 radical (unpaired) electrons. The molecule has 1 aromatic heterocycles. The second kappa shape index (κ2) is 5.75. The molecular weight excluding hydrogens is 253 g/mol. The van der Waals surface area contributed by atoms with Crippen LogP contribution in [0.5, 0.6) is 0 Å². The van der Waals surface area contributed by atoms with E-state index in [-0.39, 0.29) is 5.82 Å². The Bertz CT molecular complexity index is 557. The molecule has 1 unspecified atom stereocenters. The molecule has 3 nitrogen and oxygen atoms in total. The summed E-state index contributed by atoms with van der Waals surface area (Å²) in [5.74, 6) is 0.533. The molecule has 20 heavy (non-hydrogen) atoms. The van der Waals surface area contributed by atoms with Crippen LogP contribution in [0, 0.1) is 11.7 Å². The van der Waals surface area contributed by atoms with Crippen LogP contribution < -0.4 is 5.32 Å². The molecule has 1 heterocycles. The van der Waals surface area contributed by atoms with E-state index >= 15 is 0 Å². The van der Waals surface area contributed by atoms with E-state index in [4.69, 9.17) is 0 Å². The second-order valence-corrected chi connectivity index (χ2v) is 5.52. The van der Waals surface area contributed by atoms with Gasteiger partial charge >= 0.3 is 0 Å². The predicted molar refractivity (Wildman–Crippen MR) is 76.8 cm³/mol. The van der Waals surface area contributed by atoms with Gasteiger partial charge in [0.1, 0.15) is 5.82 Å². The average Bonchev–Trinajstić information content (AvgIpc) is 3.20. The van der Waals surface area contributed by atoms with Crippen LogP contribution in [0.15, 0.2) is 36.5 Å². The fraction of sp³-hybridized carbons (Fsp3) is 0.438. The van der Waals surface area contributed by atoms with Crippen LogP contribution in [0.3, 0.4) is 0 Å². The van der Waals surface area contributed by atoms with E-state index in [0.29, 0.717) is 12.0 Å². The third kappa shape index (κ3) is 3.07. The zero-order valence-corrected chi connectivity index (χ0v) is 11.7. The molecule has 1 N–H and O–H groups in total. The van der Waals surface area contributed by atoms with Crippen molar-refractivity contribution in [2.45, 2.75) is 25.3 Å². The highest BCUT2D eigenvalue weighted by molar-refractivity contribution is 5.22. The summed E-state index contributed by atoms with van der Waals surface area (Å²) in [6.07, 6.45) is 5.32. The number of hydrogen-bond donors (Lipinski definition) is 1. The van der Waals surface area contributed by atoms with Crippen molar-refractivity contribution in [3.63, 3.8) is 0 Å². The van der Waals surface area contributed by atoms with Crippen LogP contribution in [0.2, 0.25) is 0 Å². The van der Waals surface area contributed by atoms with Gasteiger partial charge in [0, 0.05) is 37.9 Å². The van der Waals surface area contributed by atoms with Gasteiger partial charge in [-0.15, -0.1) is 0 Å². The molecule has 1 aliphatic rings. The van der Waals surface area contributed by atoms with Gasteiger partial charge in [0.15, 0.2) is 0 Å². The SMILES string of the molecule is Cn1nccc1CCNC(c1ccc(F)cc1)C1CC1. The van der Waals surface area contributed by atoms with E-state index < -0.39 is 0 Å². The highest BCUT2D eigenvalue weighted by Crippen LogP contribution is 2.40. The number of hydrogen-bond acceptors (Lipinski definition) is 2. The van der Waals surface area contributed by atoms with Crippen molar-refractivity contribution in [2.24, 2.45) is 13.0 Å². The van der Waals surface area contributed by atoms with Crippen LogP contribution in [0.1, 0.15) is 30.1 Å². The maximum absolute atomic E-state index is 13.0. The summed E-state index contributed by atoms with van der Waals surface area (Å²) in [6, 6.07) is 9.29. The first-order chi connectivity index (χ1) is 9.74. The number of nitrogens with one attached hydrogen (secondary N) is 1. The molecule has 0 bridgehead atoms. The van der Waals surface area contributed by atoms with Crippen LogP contribution in [0.25, 0.3) is 0 Å². The fourth-order valence-electron chi connectivity index (χ4n) is 2.66. The molecule has 106 valence electrons. The quantitative estimate of drug-likeness (QED) is 0.877. The minimum atomic E-state index is -0.168. The Morgan fingerprint density at radius 2 is 2.05 bits per heavy atom. The largest absolute Gasteiger partial charge is 0.309 e. The van der Waals surface area contributed by atoms with E-state index in [9.17, 15) is 4.39 Å². The Morgan fingerprint density at radius 1 is 1.30 bits per heavy atom. The molecule has 0 amide bonds. The fourth-order valence-corrected chi connectivity index (χ4v) is 2.66. The van der Waals surface area contributed by atoms with E-state index in [1.54, 1.807) is 12.1 Å². The first-order valence-corrected chi connectivity index (χ1v) is 7.20. The molecule has 3 rings (SSSR count). The van der Waals surface area contributed by atoms with Gasteiger partial charge in [0.2, 0.25) is 0 Å². The Balaban J connectivity index is 1.60. The Kier molecular flexibility index (Phi) is 3.83.